The van der Waals surface area contributed by atoms with Crippen LogP contribution in [0.1, 0.15) is 12.8 Å². The molecular formula is C13H17N3OS. The van der Waals surface area contributed by atoms with Crippen LogP contribution < -0.4 is 0 Å². The molecule has 1 aliphatic rings. The molecule has 0 atom stereocenters. The monoisotopic (exact) mass is 263 g/mol. The molecule has 3 rings (SSSR count). The molecule has 0 saturated carbocycles. The molecule has 5 heteroatoms. The minimum atomic E-state index is 0.278. The number of phenolic OH excluding ortho intramolecular Hbond substituents is 1. The van der Waals surface area contributed by atoms with Crippen LogP contribution in [0.2, 0.25) is 0 Å². The first-order chi connectivity index (χ1) is 8.81. The van der Waals surface area contributed by atoms with Gasteiger partial charge in [-0.1, -0.05) is 11.8 Å². The Balaban J connectivity index is 1.60. The summed E-state index contributed by atoms with van der Waals surface area (Å²) in [5.41, 5.74) is 1.81. The molecule has 1 aliphatic heterocycles. The van der Waals surface area contributed by atoms with Crippen molar-refractivity contribution in [3.05, 3.63) is 18.2 Å². The van der Waals surface area contributed by atoms with Crippen molar-refractivity contribution in [3.63, 3.8) is 0 Å². The molecule has 0 radical (unpaired) electrons. The molecule has 0 bridgehead atoms. The molecule has 1 aromatic heterocycles. The number of likely N-dealkylation sites (tertiary alicyclic amines) is 1. The summed E-state index contributed by atoms with van der Waals surface area (Å²) in [5.74, 6) is 1.34. The Hall–Kier alpha value is -1.20. The molecule has 1 saturated heterocycles. The highest BCUT2D eigenvalue weighted by atomic mass is 32.2. The molecule has 0 aliphatic carbocycles. The summed E-state index contributed by atoms with van der Waals surface area (Å²) in [5, 5.41) is 10.3. The third-order valence-corrected chi connectivity index (χ3v) is 4.14. The molecule has 2 N–H and O–H groups in total. The fourth-order valence-corrected chi connectivity index (χ4v) is 3.21. The molecule has 2 aromatic rings. The molecular weight excluding hydrogens is 246 g/mol. The summed E-state index contributed by atoms with van der Waals surface area (Å²) >= 11 is 1.75. The third kappa shape index (κ3) is 2.62. The van der Waals surface area contributed by atoms with Crippen LogP contribution in [-0.4, -0.2) is 45.4 Å². The highest BCUT2D eigenvalue weighted by Crippen LogP contribution is 2.22. The lowest BCUT2D eigenvalue weighted by Crippen LogP contribution is -2.21. The first kappa shape index (κ1) is 11.9. The van der Waals surface area contributed by atoms with E-state index in [1.807, 2.05) is 6.07 Å². The van der Waals surface area contributed by atoms with E-state index in [0.29, 0.717) is 0 Å². The van der Waals surface area contributed by atoms with Crippen molar-refractivity contribution in [3.8, 4) is 5.75 Å². The second-order valence-electron chi connectivity index (χ2n) is 4.64. The number of fused-ring (bicyclic) bond motifs is 1. The maximum absolute atomic E-state index is 9.40. The second-order valence-corrected chi connectivity index (χ2v) is 5.72. The lowest BCUT2D eigenvalue weighted by molar-refractivity contribution is 0.362. The van der Waals surface area contributed by atoms with Gasteiger partial charge in [-0.15, -0.1) is 0 Å². The Labute approximate surface area is 110 Å². The van der Waals surface area contributed by atoms with Crippen LogP contribution in [-0.2, 0) is 0 Å². The number of phenols is 1. The van der Waals surface area contributed by atoms with Crippen molar-refractivity contribution in [2.24, 2.45) is 0 Å². The number of hydrogen-bond acceptors (Lipinski definition) is 4. The molecule has 0 unspecified atom stereocenters. The number of aromatic hydroxyl groups is 1. The van der Waals surface area contributed by atoms with Crippen LogP contribution in [0.25, 0.3) is 11.0 Å². The maximum Gasteiger partial charge on any atom is 0.166 e. The fraction of sp³-hybridized carbons (Fsp3) is 0.462. The largest absolute Gasteiger partial charge is 0.508 e. The van der Waals surface area contributed by atoms with E-state index in [9.17, 15) is 5.11 Å². The van der Waals surface area contributed by atoms with Gasteiger partial charge < -0.3 is 15.0 Å². The number of aromatic amines is 1. The van der Waals surface area contributed by atoms with Gasteiger partial charge in [0.15, 0.2) is 5.16 Å². The Morgan fingerprint density at radius 1 is 1.33 bits per heavy atom. The molecule has 96 valence electrons. The zero-order valence-corrected chi connectivity index (χ0v) is 11.0. The van der Waals surface area contributed by atoms with E-state index in [-0.39, 0.29) is 5.75 Å². The van der Waals surface area contributed by atoms with Gasteiger partial charge in [-0.2, -0.15) is 0 Å². The van der Waals surface area contributed by atoms with Gasteiger partial charge in [0.25, 0.3) is 0 Å². The third-order valence-electron chi connectivity index (χ3n) is 3.29. The average molecular weight is 263 g/mol. The molecule has 1 aromatic carbocycles. The summed E-state index contributed by atoms with van der Waals surface area (Å²) in [4.78, 5) is 10.2. The topological polar surface area (TPSA) is 52.2 Å². The van der Waals surface area contributed by atoms with Gasteiger partial charge in [-0.3, -0.25) is 0 Å². The average Bonchev–Trinajstić information content (AvgIpc) is 2.97. The van der Waals surface area contributed by atoms with Gasteiger partial charge in [-0.25, -0.2) is 4.98 Å². The second kappa shape index (κ2) is 5.20. The summed E-state index contributed by atoms with van der Waals surface area (Å²) in [7, 11) is 0. The van der Waals surface area contributed by atoms with Crippen LogP contribution in [0.3, 0.4) is 0 Å². The first-order valence-electron chi connectivity index (χ1n) is 6.35. The molecule has 2 heterocycles. The van der Waals surface area contributed by atoms with Crippen LogP contribution in [0.5, 0.6) is 5.75 Å². The van der Waals surface area contributed by atoms with Crippen LogP contribution in [0, 0.1) is 0 Å². The van der Waals surface area contributed by atoms with Gasteiger partial charge in [0, 0.05) is 18.4 Å². The van der Waals surface area contributed by atoms with Crippen molar-refractivity contribution in [1.82, 2.24) is 14.9 Å². The highest BCUT2D eigenvalue weighted by Gasteiger charge is 2.11. The Morgan fingerprint density at radius 2 is 2.17 bits per heavy atom. The zero-order valence-electron chi connectivity index (χ0n) is 10.2. The Kier molecular flexibility index (Phi) is 3.43. The quantitative estimate of drug-likeness (QED) is 0.832. The number of thioether (sulfide) groups is 1. The summed E-state index contributed by atoms with van der Waals surface area (Å²) < 4.78 is 0. The molecule has 0 amide bonds. The number of benzene rings is 1. The van der Waals surface area contributed by atoms with Crippen molar-refractivity contribution < 1.29 is 5.11 Å². The van der Waals surface area contributed by atoms with Crippen molar-refractivity contribution in [2.75, 3.05) is 25.4 Å². The van der Waals surface area contributed by atoms with E-state index in [4.69, 9.17) is 0 Å². The fourth-order valence-electron chi connectivity index (χ4n) is 2.32. The maximum atomic E-state index is 9.40. The molecule has 1 fully saturated rings. The number of rotatable bonds is 4. The Morgan fingerprint density at radius 3 is 3.00 bits per heavy atom. The minimum Gasteiger partial charge on any atom is -0.508 e. The predicted molar refractivity (Wildman–Crippen MR) is 74.2 cm³/mol. The first-order valence-corrected chi connectivity index (χ1v) is 7.34. The lowest BCUT2D eigenvalue weighted by atomic mass is 10.3. The zero-order chi connectivity index (χ0) is 12.4. The molecule has 0 spiro atoms. The van der Waals surface area contributed by atoms with Gasteiger partial charge in [0.2, 0.25) is 0 Å². The number of hydrogen-bond donors (Lipinski definition) is 2. The molecule has 18 heavy (non-hydrogen) atoms. The van der Waals surface area contributed by atoms with E-state index in [1.165, 1.54) is 25.9 Å². The number of imidazole rings is 1. The van der Waals surface area contributed by atoms with E-state index < -0.39 is 0 Å². The van der Waals surface area contributed by atoms with Crippen LogP contribution in [0.15, 0.2) is 23.4 Å². The van der Waals surface area contributed by atoms with Crippen molar-refractivity contribution >= 4 is 22.8 Å². The van der Waals surface area contributed by atoms with Crippen molar-refractivity contribution in [2.45, 2.75) is 18.0 Å². The van der Waals surface area contributed by atoms with Gasteiger partial charge >= 0.3 is 0 Å². The normalized spacial score (nSPS) is 16.7. The minimum absolute atomic E-state index is 0.278. The number of nitrogens with one attached hydrogen (secondary N) is 1. The predicted octanol–water partition coefficient (Wildman–Crippen LogP) is 2.46. The Bertz CT molecular complexity index is 534. The van der Waals surface area contributed by atoms with E-state index in [2.05, 4.69) is 14.9 Å². The van der Waals surface area contributed by atoms with E-state index in [0.717, 1.165) is 28.5 Å². The van der Waals surface area contributed by atoms with Crippen LogP contribution >= 0.6 is 11.8 Å². The highest BCUT2D eigenvalue weighted by molar-refractivity contribution is 7.99. The summed E-state index contributed by atoms with van der Waals surface area (Å²) in [6.07, 6.45) is 2.68. The lowest BCUT2D eigenvalue weighted by Gasteiger charge is -2.12. The SMILES string of the molecule is Oc1ccc2nc(SCCN3CCCC3)[nH]c2c1. The van der Waals surface area contributed by atoms with E-state index in [1.54, 1.807) is 23.9 Å². The number of H-pyrrole nitrogens is 1. The number of nitrogens with zero attached hydrogens (tertiary/aromatic N) is 2. The van der Waals surface area contributed by atoms with E-state index >= 15 is 0 Å². The summed E-state index contributed by atoms with van der Waals surface area (Å²) in [6.45, 7) is 3.62. The summed E-state index contributed by atoms with van der Waals surface area (Å²) in [6, 6.07) is 5.22. The van der Waals surface area contributed by atoms with Gasteiger partial charge in [-0.05, 0) is 38.1 Å². The van der Waals surface area contributed by atoms with Crippen molar-refractivity contribution in [1.29, 1.82) is 0 Å². The smallest absolute Gasteiger partial charge is 0.166 e. The van der Waals surface area contributed by atoms with Crippen LogP contribution in [0.4, 0.5) is 0 Å². The number of aromatic nitrogens is 2. The molecule has 4 nitrogen and oxygen atoms in total. The van der Waals surface area contributed by atoms with Gasteiger partial charge in [0.1, 0.15) is 5.75 Å². The standard InChI is InChI=1S/C13H17N3OS/c17-10-3-4-11-12(9-10)15-13(14-11)18-8-7-16-5-1-2-6-16/h3-4,9,17H,1-2,5-8H2,(H,14,15). The van der Waals surface area contributed by atoms with Gasteiger partial charge in [0.05, 0.1) is 11.0 Å².